The average molecular weight is 286 g/mol. The van der Waals surface area contributed by atoms with E-state index in [1.807, 2.05) is 0 Å². The van der Waals surface area contributed by atoms with Crippen molar-refractivity contribution in [2.45, 2.75) is 25.4 Å². The van der Waals surface area contributed by atoms with Crippen LogP contribution in [0, 0.1) is 0 Å². The summed E-state index contributed by atoms with van der Waals surface area (Å²) in [6.45, 7) is -0.120. The van der Waals surface area contributed by atoms with Gasteiger partial charge in [0.25, 0.3) is 11.8 Å². The Morgan fingerprint density at radius 3 is 2.62 bits per heavy atom. The van der Waals surface area contributed by atoms with E-state index >= 15 is 0 Å². The normalized spacial score (nSPS) is 21.6. The number of nitrogens with zero attached hydrogens (tertiary/aromatic N) is 1. The molecule has 1 atom stereocenters. The van der Waals surface area contributed by atoms with Crippen molar-refractivity contribution in [2.24, 2.45) is 0 Å². The van der Waals surface area contributed by atoms with Gasteiger partial charge in [-0.15, -0.1) is 6.54 Å². The Labute approximate surface area is 120 Å². The molecule has 2 aliphatic rings. The summed E-state index contributed by atoms with van der Waals surface area (Å²) in [5.41, 5.74) is 8.31. The summed E-state index contributed by atoms with van der Waals surface area (Å²) >= 11 is 0. The maximum Gasteiger partial charge on any atom is 0.262 e. The predicted molar refractivity (Wildman–Crippen MR) is 71.1 cm³/mol. The average Bonchev–Trinajstić information content (AvgIpc) is 2.72. The van der Waals surface area contributed by atoms with E-state index < -0.39 is 29.7 Å². The van der Waals surface area contributed by atoms with Crippen LogP contribution in [0.25, 0.3) is 5.73 Å². The summed E-state index contributed by atoms with van der Waals surface area (Å²) in [5.74, 6) is -2.14. The minimum Gasteiger partial charge on any atom is -0.674 e. The second kappa shape index (κ2) is 4.78. The molecule has 0 aliphatic carbocycles. The molecule has 7 heteroatoms. The maximum atomic E-state index is 12.5. The van der Waals surface area contributed by atoms with Crippen LogP contribution in [-0.4, -0.2) is 34.6 Å². The van der Waals surface area contributed by atoms with Gasteiger partial charge in [-0.1, -0.05) is 17.7 Å². The van der Waals surface area contributed by atoms with Crippen LogP contribution in [0.4, 0.5) is 0 Å². The number of amides is 4. The third-order valence-corrected chi connectivity index (χ3v) is 3.74. The third kappa shape index (κ3) is 1.93. The molecule has 0 bridgehead atoms. The van der Waals surface area contributed by atoms with E-state index in [4.69, 9.17) is 5.73 Å². The fraction of sp³-hybridized carbons (Fsp3) is 0.286. The smallest absolute Gasteiger partial charge is 0.262 e. The SMILES string of the molecule is [NH-]Cc1cccc2c1C(=O)N(C1CCC(=O)NC1=O)C2=O. The lowest BCUT2D eigenvalue weighted by molar-refractivity contribution is -0.136. The Hall–Kier alpha value is -2.54. The number of hydrogen-bond donors (Lipinski definition) is 1. The molecule has 1 fully saturated rings. The molecule has 0 spiro atoms. The fourth-order valence-electron chi connectivity index (χ4n) is 2.73. The molecule has 1 aromatic carbocycles. The topological polar surface area (TPSA) is 107 Å². The minimum atomic E-state index is -0.964. The molecule has 4 amide bonds. The van der Waals surface area contributed by atoms with Crippen LogP contribution < -0.4 is 5.32 Å². The third-order valence-electron chi connectivity index (χ3n) is 3.74. The highest BCUT2D eigenvalue weighted by atomic mass is 16.2. The van der Waals surface area contributed by atoms with E-state index in [2.05, 4.69) is 5.32 Å². The van der Waals surface area contributed by atoms with Gasteiger partial charge in [-0.25, -0.2) is 0 Å². The molecule has 2 heterocycles. The van der Waals surface area contributed by atoms with Crippen LogP contribution in [0.5, 0.6) is 0 Å². The molecule has 1 saturated heterocycles. The van der Waals surface area contributed by atoms with Crippen molar-refractivity contribution in [3.8, 4) is 0 Å². The van der Waals surface area contributed by atoms with Gasteiger partial charge in [0, 0.05) is 6.42 Å². The van der Waals surface area contributed by atoms with Gasteiger partial charge in [-0.05, 0) is 12.5 Å². The maximum absolute atomic E-state index is 12.5. The van der Waals surface area contributed by atoms with E-state index in [1.165, 1.54) is 6.07 Å². The van der Waals surface area contributed by atoms with Crippen molar-refractivity contribution in [3.05, 3.63) is 40.6 Å². The number of benzene rings is 1. The Bertz CT molecular complexity index is 683. The van der Waals surface area contributed by atoms with Gasteiger partial charge in [0.15, 0.2) is 0 Å². The van der Waals surface area contributed by atoms with E-state index in [0.29, 0.717) is 5.56 Å². The zero-order valence-corrected chi connectivity index (χ0v) is 11.0. The molecule has 0 aromatic heterocycles. The zero-order chi connectivity index (χ0) is 15.1. The molecule has 2 aliphatic heterocycles. The Morgan fingerprint density at radius 2 is 1.95 bits per heavy atom. The Kier molecular flexibility index (Phi) is 3.06. The summed E-state index contributed by atoms with van der Waals surface area (Å²) in [6.07, 6.45) is 0.224. The molecule has 2 N–H and O–H groups in total. The number of fused-ring (bicyclic) bond motifs is 1. The van der Waals surface area contributed by atoms with E-state index in [9.17, 15) is 19.2 Å². The van der Waals surface area contributed by atoms with E-state index in [0.717, 1.165) is 4.90 Å². The van der Waals surface area contributed by atoms with E-state index in [1.54, 1.807) is 12.1 Å². The number of carbonyl (C=O) groups excluding carboxylic acids is 4. The molecular weight excluding hydrogens is 274 g/mol. The van der Waals surface area contributed by atoms with Gasteiger partial charge < -0.3 is 5.73 Å². The first-order chi connectivity index (χ1) is 10.0. The first kappa shape index (κ1) is 13.4. The predicted octanol–water partition coefficient (Wildman–Crippen LogP) is 0.640. The summed E-state index contributed by atoms with van der Waals surface area (Å²) in [7, 11) is 0. The van der Waals surface area contributed by atoms with Crippen molar-refractivity contribution >= 4 is 23.6 Å². The molecule has 108 valence electrons. The van der Waals surface area contributed by atoms with Gasteiger partial charge in [0.2, 0.25) is 11.8 Å². The van der Waals surface area contributed by atoms with Crippen LogP contribution in [0.3, 0.4) is 0 Å². The van der Waals surface area contributed by atoms with Crippen molar-refractivity contribution in [3.63, 3.8) is 0 Å². The van der Waals surface area contributed by atoms with Gasteiger partial charge in [0.05, 0.1) is 11.1 Å². The van der Waals surface area contributed by atoms with Crippen LogP contribution in [0.2, 0.25) is 0 Å². The number of nitrogens with one attached hydrogen (secondary N) is 2. The largest absolute Gasteiger partial charge is 0.674 e. The quantitative estimate of drug-likeness (QED) is 0.805. The minimum absolute atomic E-state index is 0.0924. The fourth-order valence-corrected chi connectivity index (χ4v) is 2.73. The molecule has 3 rings (SSSR count). The lowest BCUT2D eigenvalue weighted by atomic mass is 10.0. The van der Waals surface area contributed by atoms with Crippen LogP contribution in [-0.2, 0) is 16.1 Å². The number of piperidine rings is 1. The number of imide groups is 2. The van der Waals surface area contributed by atoms with Gasteiger partial charge >= 0.3 is 0 Å². The standard InChI is InChI=1S/C14H12N3O4/c15-6-7-2-1-3-8-11(7)14(21)17(13(8)20)9-4-5-10(18)16-12(9)19/h1-3,9,15H,4-6H2,(H,16,18,19)/q-1. The Morgan fingerprint density at radius 1 is 1.19 bits per heavy atom. The van der Waals surface area contributed by atoms with Crippen molar-refractivity contribution in [1.82, 2.24) is 10.2 Å². The molecule has 1 aromatic rings. The molecule has 0 radical (unpaired) electrons. The number of carbonyl (C=O) groups is 4. The molecule has 21 heavy (non-hydrogen) atoms. The highest BCUT2D eigenvalue weighted by Gasteiger charge is 2.45. The van der Waals surface area contributed by atoms with Crippen LogP contribution >= 0.6 is 0 Å². The van der Waals surface area contributed by atoms with Crippen molar-refractivity contribution in [1.29, 1.82) is 0 Å². The first-order valence-corrected chi connectivity index (χ1v) is 6.52. The lowest BCUT2D eigenvalue weighted by Gasteiger charge is -2.27. The highest BCUT2D eigenvalue weighted by Crippen LogP contribution is 2.30. The Balaban J connectivity index is 2.00. The molecule has 1 unspecified atom stereocenters. The number of rotatable bonds is 2. The van der Waals surface area contributed by atoms with Crippen molar-refractivity contribution in [2.75, 3.05) is 0 Å². The number of hydrogen-bond acceptors (Lipinski definition) is 4. The second-order valence-electron chi connectivity index (χ2n) is 4.96. The second-order valence-corrected chi connectivity index (χ2v) is 4.96. The summed E-state index contributed by atoms with van der Waals surface area (Å²) < 4.78 is 0. The molecular formula is C14H12N3O4-. The van der Waals surface area contributed by atoms with Crippen LogP contribution in [0.15, 0.2) is 18.2 Å². The van der Waals surface area contributed by atoms with E-state index in [-0.39, 0.29) is 30.5 Å². The summed E-state index contributed by atoms with van der Waals surface area (Å²) in [4.78, 5) is 48.8. The molecule has 0 saturated carbocycles. The van der Waals surface area contributed by atoms with Gasteiger partial charge in [-0.3, -0.25) is 29.4 Å². The highest BCUT2D eigenvalue weighted by molar-refractivity contribution is 6.24. The van der Waals surface area contributed by atoms with Gasteiger partial charge in [0.1, 0.15) is 6.04 Å². The monoisotopic (exact) mass is 286 g/mol. The van der Waals surface area contributed by atoms with Crippen molar-refractivity contribution < 1.29 is 19.2 Å². The lowest BCUT2D eigenvalue weighted by Crippen LogP contribution is -2.54. The first-order valence-electron chi connectivity index (χ1n) is 6.52. The molecule has 7 nitrogen and oxygen atoms in total. The van der Waals surface area contributed by atoms with Crippen LogP contribution in [0.1, 0.15) is 39.1 Å². The van der Waals surface area contributed by atoms with Gasteiger partial charge in [-0.2, -0.15) is 0 Å². The zero-order valence-electron chi connectivity index (χ0n) is 11.0. The summed E-state index contributed by atoms with van der Waals surface area (Å²) in [6, 6.07) is 3.78. The summed E-state index contributed by atoms with van der Waals surface area (Å²) in [5, 5.41) is 2.14.